The van der Waals surface area contributed by atoms with Crippen molar-refractivity contribution in [3.63, 3.8) is 0 Å². The molecule has 0 amide bonds. The molecule has 1 saturated heterocycles. The zero-order valence-corrected chi connectivity index (χ0v) is 10.6. The molecule has 0 spiro atoms. The second kappa shape index (κ2) is 5.21. The summed E-state index contributed by atoms with van der Waals surface area (Å²) < 4.78 is 2.42. The highest BCUT2D eigenvalue weighted by molar-refractivity contribution is 5.16. The molecule has 1 aromatic heterocycles. The maximum absolute atomic E-state index is 4.57. The van der Waals surface area contributed by atoms with Gasteiger partial charge in [-0.05, 0) is 64.0 Å². The molecule has 1 aliphatic carbocycles. The summed E-state index contributed by atoms with van der Waals surface area (Å²) in [6, 6.07) is 0. The molecule has 3 heteroatoms. The summed E-state index contributed by atoms with van der Waals surface area (Å²) in [6.07, 6.45) is 11.3. The average molecular weight is 233 g/mol. The number of fused-ring (bicyclic) bond motifs is 1. The third-order valence-corrected chi connectivity index (χ3v) is 4.29. The van der Waals surface area contributed by atoms with E-state index in [4.69, 9.17) is 0 Å². The lowest BCUT2D eigenvalue weighted by Crippen LogP contribution is -2.30. The SMILES string of the molecule is c1nc2c(n1CCC1CCCNC1)CCCC2. The van der Waals surface area contributed by atoms with Crippen molar-refractivity contribution >= 4 is 0 Å². The van der Waals surface area contributed by atoms with Crippen LogP contribution in [0.2, 0.25) is 0 Å². The van der Waals surface area contributed by atoms with E-state index >= 15 is 0 Å². The summed E-state index contributed by atoms with van der Waals surface area (Å²) in [5.41, 5.74) is 2.90. The number of hydrogen-bond acceptors (Lipinski definition) is 2. The number of nitrogens with one attached hydrogen (secondary N) is 1. The van der Waals surface area contributed by atoms with Crippen LogP contribution in [0.15, 0.2) is 6.33 Å². The fourth-order valence-corrected chi connectivity index (χ4v) is 3.22. The quantitative estimate of drug-likeness (QED) is 0.867. The van der Waals surface area contributed by atoms with E-state index in [2.05, 4.69) is 21.2 Å². The van der Waals surface area contributed by atoms with E-state index in [1.165, 1.54) is 76.0 Å². The third-order valence-electron chi connectivity index (χ3n) is 4.29. The topological polar surface area (TPSA) is 29.9 Å². The van der Waals surface area contributed by atoms with E-state index in [1.807, 2.05) is 0 Å². The lowest BCUT2D eigenvalue weighted by Gasteiger charge is -2.23. The van der Waals surface area contributed by atoms with Crippen LogP contribution >= 0.6 is 0 Å². The van der Waals surface area contributed by atoms with Crippen LogP contribution in [0, 0.1) is 5.92 Å². The highest BCUT2D eigenvalue weighted by Crippen LogP contribution is 2.21. The van der Waals surface area contributed by atoms with Crippen LogP contribution in [0.4, 0.5) is 0 Å². The Kier molecular flexibility index (Phi) is 3.46. The van der Waals surface area contributed by atoms with Gasteiger partial charge in [0, 0.05) is 12.2 Å². The third kappa shape index (κ3) is 2.54. The van der Waals surface area contributed by atoms with Crippen molar-refractivity contribution in [1.82, 2.24) is 14.9 Å². The fraction of sp³-hybridized carbons (Fsp3) is 0.786. The van der Waals surface area contributed by atoms with Gasteiger partial charge < -0.3 is 9.88 Å². The Bertz CT molecular complexity index is 364. The van der Waals surface area contributed by atoms with E-state index in [9.17, 15) is 0 Å². The molecule has 1 aromatic rings. The van der Waals surface area contributed by atoms with Crippen molar-refractivity contribution < 1.29 is 0 Å². The molecule has 17 heavy (non-hydrogen) atoms. The van der Waals surface area contributed by atoms with Crippen LogP contribution in [0.1, 0.15) is 43.5 Å². The Labute approximate surface area is 104 Å². The van der Waals surface area contributed by atoms with Crippen molar-refractivity contribution in [2.24, 2.45) is 5.92 Å². The molecule has 1 unspecified atom stereocenters. The molecule has 1 N–H and O–H groups in total. The predicted molar refractivity (Wildman–Crippen MR) is 69.1 cm³/mol. The first-order chi connectivity index (χ1) is 8.43. The minimum absolute atomic E-state index is 0.880. The molecule has 3 nitrogen and oxygen atoms in total. The molecular weight excluding hydrogens is 210 g/mol. The van der Waals surface area contributed by atoms with Gasteiger partial charge in [-0.25, -0.2) is 4.98 Å². The number of imidazole rings is 1. The van der Waals surface area contributed by atoms with Crippen molar-refractivity contribution in [3.8, 4) is 0 Å². The Balaban J connectivity index is 1.59. The first-order valence-corrected chi connectivity index (χ1v) is 7.17. The molecule has 0 bridgehead atoms. The van der Waals surface area contributed by atoms with Gasteiger partial charge in [-0.15, -0.1) is 0 Å². The summed E-state index contributed by atoms with van der Waals surface area (Å²) in [6.45, 7) is 3.61. The zero-order chi connectivity index (χ0) is 11.5. The van der Waals surface area contributed by atoms with Crippen LogP contribution in [0.25, 0.3) is 0 Å². The maximum Gasteiger partial charge on any atom is 0.0951 e. The van der Waals surface area contributed by atoms with Gasteiger partial charge in [0.1, 0.15) is 0 Å². The lowest BCUT2D eigenvalue weighted by atomic mass is 9.96. The fourth-order valence-electron chi connectivity index (χ4n) is 3.22. The van der Waals surface area contributed by atoms with Gasteiger partial charge in [-0.2, -0.15) is 0 Å². The van der Waals surface area contributed by atoms with E-state index < -0.39 is 0 Å². The molecule has 94 valence electrons. The first-order valence-electron chi connectivity index (χ1n) is 7.17. The Morgan fingerprint density at radius 3 is 3.12 bits per heavy atom. The molecule has 0 saturated carbocycles. The van der Waals surface area contributed by atoms with E-state index in [0.29, 0.717) is 0 Å². The highest BCUT2D eigenvalue weighted by Gasteiger charge is 2.17. The Hall–Kier alpha value is -0.830. The molecule has 1 aliphatic heterocycles. The summed E-state index contributed by atoms with van der Waals surface area (Å²) in [7, 11) is 0. The first kappa shape index (κ1) is 11.3. The number of nitrogens with zero attached hydrogens (tertiary/aromatic N) is 2. The van der Waals surface area contributed by atoms with Crippen LogP contribution in [-0.4, -0.2) is 22.6 Å². The monoisotopic (exact) mass is 233 g/mol. The Morgan fingerprint density at radius 1 is 1.29 bits per heavy atom. The standard InChI is InChI=1S/C14H23N3/c1-2-6-14-13(5-1)16-11-17(14)9-7-12-4-3-8-15-10-12/h11-12,15H,1-10H2. The van der Waals surface area contributed by atoms with Crippen molar-refractivity contribution in [2.45, 2.75) is 51.5 Å². The van der Waals surface area contributed by atoms with E-state index in [0.717, 1.165) is 5.92 Å². The van der Waals surface area contributed by atoms with Crippen molar-refractivity contribution in [3.05, 3.63) is 17.7 Å². The van der Waals surface area contributed by atoms with E-state index in [1.54, 1.807) is 0 Å². The average Bonchev–Trinajstić information content (AvgIpc) is 2.81. The molecular formula is C14H23N3. The van der Waals surface area contributed by atoms with E-state index in [-0.39, 0.29) is 0 Å². The maximum atomic E-state index is 4.57. The van der Waals surface area contributed by atoms with Gasteiger partial charge >= 0.3 is 0 Å². The highest BCUT2D eigenvalue weighted by atomic mass is 15.1. The molecule has 1 atom stereocenters. The second-order valence-electron chi connectivity index (χ2n) is 5.54. The number of hydrogen-bond donors (Lipinski definition) is 1. The van der Waals surface area contributed by atoms with Crippen LogP contribution in [-0.2, 0) is 19.4 Å². The number of piperidine rings is 1. The second-order valence-corrected chi connectivity index (χ2v) is 5.54. The van der Waals surface area contributed by atoms with Gasteiger partial charge in [0.25, 0.3) is 0 Å². The number of aromatic nitrogens is 2. The number of rotatable bonds is 3. The van der Waals surface area contributed by atoms with Crippen LogP contribution < -0.4 is 5.32 Å². The Morgan fingerprint density at radius 2 is 2.24 bits per heavy atom. The van der Waals surface area contributed by atoms with Gasteiger partial charge in [0.15, 0.2) is 0 Å². The van der Waals surface area contributed by atoms with Gasteiger partial charge in [0.05, 0.1) is 12.0 Å². The number of aryl methyl sites for hydroxylation is 2. The van der Waals surface area contributed by atoms with Crippen molar-refractivity contribution in [1.29, 1.82) is 0 Å². The van der Waals surface area contributed by atoms with Gasteiger partial charge in [-0.3, -0.25) is 0 Å². The summed E-state index contributed by atoms with van der Waals surface area (Å²) in [4.78, 5) is 4.57. The molecule has 1 fully saturated rings. The van der Waals surface area contributed by atoms with Crippen LogP contribution in [0.5, 0.6) is 0 Å². The molecule has 0 aromatic carbocycles. The minimum Gasteiger partial charge on any atom is -0.334 e. The summed E-state index contributed by atoms with van der Waals surface area (Å²) in [5.74, 6) is 0.880. The molecule has 2 heterocycles. The molecule has 0 radical (unpaired) electrons. The normalized spacial score (nSPS) is 24.6. The van der Waals surface area contributed by atoms with Crippen molar-refractivity contribution in [2.75, 3.05) is 13.1 Å². The minimum atomic E-state index is 0.880. The van der Waals surface area contributed by atoms with Gasteiger partial charge in [-0.1, -0.05) is 0 Å². The molecule has 3 rings (SSSR count). The van der Waals surface area contributed by atoms with Crippen LogP contribution in [0.3, 0.4) is 0 Å². The van der Waals surface area contributed by atoms with Gasteiger partial charge in [0.2, 0.25) is 0 Å². The smallest absolute Gasteiger partial charge is 0.0951 e. The molecule has 2 aliphatic rings. The lowest BCUT2D eigenvalue weighted by molar-refractivity contribution is 0.339. The zero-order valence-electron chi connectivity index (χ0n) is 10.6. The summed E-state index contributed by atoms with van der Waals surface area (Å²) >= 11 is 0. The largest absolute Gasteiger partial charge is 0.334 e. The summed E-state index contributed by atoms with van der Waals surface area (Å²) in [5, 5.41) is 3.50. The predicted octanol–water partition coefficient (Wildman–Crippen LogP) is 2.15.